The molecule has 0 spiro atoms. The van der Waals surface area contributed by atoms with E-state index in [-0.39, 0.29) is 48.6 Å². The van der Waals surface area contributed by atoms with Crippen LogP contribution in [0.1, 0.15) is 34.1 Å². The summed E-state index contributed by atoms with van der Waals surface area (Å²) in [4.78, 5) is 45.5. The largest absolute Gasteiger partial charge is 0.457 e. The van der Waals surface area contributed by atoms with Crippen LogP contribution in [0, 0.1) is 11.8 Å². The topological polar surface area (TPSA) is 86.7 Å². The van der Waals surface area contributed by atoms with Crippen molar-refractivity contribution in [3.8, 4) is 0 Å². The van der Waals surface area contributed by atoms with Crippen LogP contribution >= 0.6 is 0 Å². The first kappa shape index (κ1) is 19.0. The summed E-state index contributed by atoms with van der Waals surface area (Å²) in [6.07, 6.45) is -0.375. The Hall–Kier alpha value is -1.98. The van der Waals surface area contributed by atoms with Crippen LogP contribution < -0.4 is 0 Å². The summed E-state index contributed by atoms with van der Waals surface area (Å²) in [5.41, 5.74) is -0.117. The lowest BCUT2D eigenvalue weighted by Gasteiger charge is -2.09. The van der Waals surface area contributed by atoms with Gasteiger partial charge in [-0.3, -0.25) is 14.4 Å². The monoisotopic (exact) mass is 298 g/mol. The molecule has 0 saturated heterocycles. The SMILES string of the molecule is C=C(CC(=O)OCC(=O)C(C)C)C(=O)OCC(=O)C(C)C. The third-order valence-corrected chi connectivity index (χ3v) is 2.66. The maximum atomic E-state index is 11.5. The van der Waals surface area contributed by atoms with E-state index in [0.29, 0.717) is 0 Å². The van der Waals surface area contributed by atoms with Gasteiger partial charge in [0.25, 0.3) is 0 Å². The molecule has 21 heavy (non-hydrogen) atoms. The van der Waals surface area contributed by atoms with E-state index in [0.717, 1.165) is 0 Å². The summed E-state index contributed by atoms with van der Waals surface area (Å²) in [6, 6.07) is 0. The fourth-order valence-electron chi connectivity index (χ4n) is 1.02. The Morgan fingerprint density at radius 2 is 1.29 bits per heavy atom. The molecule has 0 fully saturated rings. The molecule has 118 valence electrons. The van der Waals surface area contributed by atoms with E-state index in [1.54, 1.807) is 27.7 Å². The predicted octanol–water partition coefficient (Wildman–Crippen LogP) is 1.47. The molecule has 0 aromatic heterocycles. The second kappa shape index (κ2) is 9.05. The minimum Gasteiger partial charge on any atom is -0.457 e. The van der Waals surface area contributed by atoms with Gasteiger partial charge < -0.3 is 9.47 Å². The van der Waals surface area contributed by atoms with Crippen molar-refractivity contribution in [2.45, 2.75) is 34.1 Å². The third kappa shape index (κ3) is 8.02. The molecule has 0 aromatic rings. The second-order valence-corrected chi connectivity index (χ2v) is 5.26. The van der Waals surface area contributed by atoms with Crippen LogP contribution in [0.15, 0.2) is 12.2 Å². The molecule has 0 atom stereocenters. The van der Waals surface area contributed by atoms with Gasteiger partial charge in [0.2, 0.25) is 0 Å². The Morgan fingerprint density at radius 1 is 0.857 bits per heavy atom. The average molecular weight is 298 g/mol. The van der Waals surface area contributed by atoms with Crippen molar-refractivity contribution in [1.82, 2.24) is 0 Å². The lowest BCUT2D eigenvalue weighted by Crippen LogP contribution is -2.21. The number of rotatable bonds is 9. The zero-order chi connectivity index (χ0) is 16.6. The Labute approximate surface area is 124 Å². The van der Waals surface area contributed by atoms with Gasteiger partial charge in [-0.15, -0.1) is 0 Å². The number of hydrogen-bond donors (Lipinski definition) is 0. The number of Topliss-reactive ketones (excluding diaryl/α,β-unsaturated/α-hetero) is 2. The molecule has 0 saturated carbocycles. The van der Waals surface area contributed by atoms with E-state index in [2.05, 4.69) is 6.58 Å². The molecule has 6 heteroatoms. The standard InChI is InChI=1S/C15H22O6/c1-9(2)12(16)7-20-14(18)6-11(5)15(19)21-8-13(17)10(3)4/h9-10H,5-8H2,1-4H3. The van der Waals surface area contributed by atoms with Gasteiger partial charge >= 0.3 is 11.9 Å². The number of ketones is 2. The highest BCUT2D eigenvalue weighted by Gasteiger charge is 2.18. The van der Waals surface area contributed by atoms with E-state index in [1.165, 1.54) is 0 Å². The molecule has 0 unspecified atom stereocenters. The van der Waals surface area contributed by atoms with Gasteiger partial charge in [-0.2, -0.15) is 0 Å². The highest BCUT2D eigenvalue weighted by molar-refractivity contribution is 5.95. The van der Waals surface area contributed by atoms with Crippen molar-refractivity contribution >= 4 is 23.5 Å². The van der Waals surface area contributed by atoms with Crippen LogP contribution in [0.2, 0.25) is 0 Å². The summed E-state index contributed by atoms with van der Waals surface area (Å²) in [7, 11) is 0. The third-order valence-electron chi connectivity index (χ3n) is 2.66. The molecule has 0 bridgehead atoms. The minimum atomic E-state index is -0.823. The van der Waals surface area contributed by atoms with E-state index in [4.69, 9.17) is 9.47 Å². The van der Waals surface area contributed by atoms with Crippen LogP contribution in [0.4, 0.5) is 0 Å². The molecular formula is C15H22O6. The fraction of sp³-hybridized carbons (Fsp3) is 0.600. The van der Waals surface area contributed by atoms with E-state index < -0.39 is 11.9 Å². The summed E-state index contributed by atoms with van der Waals surface area (Å²) in [5.74, 6) is -2.45. The molecule has 0 amide bonds. The smallest absolute Gasteiger partial charge is 0.334 e. The normalized spacial score (nSPS) is 10.4. The first-order chi connectivity index (χ1) is 9.65. The Kier molecular flexibility index (Phi) is 8.19. The maximum Gasteiger partial charge on any atom is 0.334 e. The van der Waals surface area contributed by atoms with Gasteiger partial charge in [0, 0.05) is 17.4 Å². The maximum absolute atomic E-state index is 11.5. The van der Waals surface area contributed by atoms with Crippen molar-refractivity contribution in [2.75, 3.05) is 13.2 Å². The number of ether oxygens (including phenoxy) is 2. The molecule has 0 N–H and O–H groups in total. The predicted molar refractivity (Wildman–Crippen MR) is 75.4 cm³/mol. The molecular weight excluding hydrogens is 276 g/mol. The average Bonchev–Trinajstić information content (AvgIpc) is 2.40. The Balaban J connectivity index is 4.12. The van der Waals surface area contributed by atoms with Crippen molar-refractivity contribution in [3.05, 3.63) is 12.2 Å². The van der Waals surface area contributed by atoms with Crippen LogP contribution in [0.3, 0.4) is 0 Å². The first-order valence-corrected chi connectivity index (χ1v) is 6.71. The highest BCUT2D eigenvalue weighted by atomic mass is 16.5. The van der Waals surface area contributed by atoms with Gasteiger partial charge in [0.1, 0.15) is 6.61 Å². The van der Waals surface area contributed by atoms with Gasteiger partial charge in [-0.05, 0) is 0 Å². The number of carbonyl (C=O) groups is 4. The van der Waals surface area contributed by atoms with Gasteiger partial charge in [-0.1, -0.05) is 34.3 Å². The van der Waals surface area contributed by atoms with Gasteiger partial charge in [-0.25, -0.2) is 4.79 Å². The Morgan fingerprint density at radius 3 is 1.71 bits per heavy atom. The fourth-order valence-corrected chi connectivity index (χ4v) is 1.02. The summed E-state index contributed by atoms with van der Waals surface area (Å²) in [6.45, 7) is 9.49. The number of carbonyl (C=O) groups excluding carboxylic acids is 4. The van der Waals surface area contributed by atoms with Crippen LogP contribution in [-0.4, -0.2) is 36.7 Å². The quantitative estimate of drug-likeness (QED) is 0.473. The first-order valence-electron chi connectivity index (χ1n) is 6.71. The summed E-state index contributed by atoms with van der Waals surface area (Å²) < 4.78 is 9.45. The lowest BCUT2D eigenvalue weighted by atomic mass is 10.1. The zero-order valence-electron chi connectivity index (χ0n) is 12.9. The Bertz CT molecular complexity index is 433. The molecule has 0 aliphatic heterocycles. The lowest BCUT2D eigenvalue weighted by molar-refractivity contribution is -0.150. The van der Waals surface area contributed by atoms with Gasteiger partial charge in [0.15, 0.2) is 18.2 Å². The van der Waals surface area contributed by atoms with E-state index in [9.17, 15) is 19.2 Å². The van der Waals surface area contributed by atoms with Crippen molar-refractivity contribution < 1.29 is 28.7 Å². The number of hydrogen-bond acceptors (Lipinski definition) is 6. The van der Waals surface area contributed by atoms with E-state index in [1.807, 2.05) is 0 Å². The van der Waals surface area contributed by atoms with Crippen molar-refractivity contribution in [1.29, 1.82) is 0 Å². The molecule has 0 aliphatic carbocycles. The van der Waals surface area contributed by atoms with Crippen molar-refractivity contribution in [3.63, 3.8) is 0 Å². The van der Waals surface area contributed by atoms with Crippen molar-refractivity contribution in [2.24, 2.45) is 11.8 Å². The minimum absolute atomic E-state index is 0.117. The molecule has 0 aromatic carbocycles. The van der Waals surface area contributed by atoms with Crippen LogP contribution in [0.25, 0.3) is 0 Å². The van der Waals surface area contributed by atoms with E-state index >= 15 is 0 Å². The van der Waals surface area contributed by atoms with Gasteiger partial charge in [0.05, 0.1) is 6.42 Å². The molecule has 0 rings (SSSR count). The van der Waals surface area contributed by atoms with Crippen LogP contribution in [-0.2, 0) is 28.7 Å². The molecule has 0 aliphatic rings. The zero-order valence-corrected chi connectivity index (χ0v) is 12.9. The molecule has 6 nitrogen and oxygen atoms in total. The van der Waals surface area contributed by atoms with Crippen LogP contribution in [0.5, 0.6) is 0 Å². The summed E-state index contributed by atoms with van der Waals surface area (Å²) in [5, 5.41) is 0. The highest BCUT2D eigenvalue weighted by Crippen LogP contribution is 2.05. The molecule has 0 radical (unpaired) electrons. The number of esters is 2. The second-order valence-electron chi connectivity index (χ2n) is 5.26. The molecule has 0 heterocycles. The summed E-state index contributed by atoms with van der Waals surface area (Å²) >= 11 is 0.